The van der Waals surface area contributed by atoms with E-state index in [9.17, 15) is 9.59 Å². The van der Waals surface area contributed by atoms with Gasteiger partial charge in [-0.15, -0.1) is 0 Å². The van der Waals surface area contributed by atoms with Crippen LogP contribution in [0.5, 0.6) is 0 Å². The lowest BCUT2D eigenvalue weighted by atomic mass is 10.2. The van der Waals surface area contributed by atoms with E-state index in [1.165, 1.54) is 0 Å². The van der Waals surface area contributed by atoms with Crippen molar-refractivity contribution < 1.29 is 19.8 Å². The SMILES string of the molecule is [N-]=[N+]=NC1CC(C(=O)O)N(C(=O)O)C1. The van der Waals surface area contributed by atoms with Gasteiger partial charge in [0, 0.05) is 11.5 Å². The number of carbonyl (C=O) groups is 2. The Labute approximate surface area is 78.4 Å². The van der Waals surface area contributed by atoms with Crippen LogP contribution in [0, 0.1) is 0 Å². The standard InChI is InChI=1S/C6H8N4O4/c7-9-8-3-1-4(5(11)12)10(2-3)6(13)14/h3-4H,1-2H2,(H,11,12)(H,13,14). The van der Waals surface area contributed by atoms with Crippen LogP contribution in [0.1, 0.15) is 6.42 Å². The van der Waals surface area contributed by atoms with Crippen molar-refractivity contribution in [3.8, 4) is 0 Å². The molecule has 76 valence electrons. The summed E-state index contributed by atoms with van der Waals surface area (Å²) in [6.07, 6.45) is -1.28. The van der Waals surface area contributed by atoms with Gasteiger partial charge in [0.05, 0.1) is 6.04 Å². The van der Waals surface area contributed by atoms with Crippen molar-refractivity contribution in [1.82, 2.24) is 4.90 Å². The maximum atomic E-state index is 10.6. The highest BCUT2D eigenvalue weighted by molar-refractivity contribution is 5.80. The largest absolute Gasteiger partial charge is 0.480 e. The molecule has 1 heterocycles. The number of hydrogen-bond acceptors (Lipinski definition) is 3. The molecule has 14 heavy (non-hydrogen) atoms. The lowest BCUT2D eigenvalue weighted by molar-refractivity contribution is -0.141. The van der Waals surface area contributed by atoms with Crippen LogP contribution in [0.25, 0.3) is 10.4 Å². The molecule has 1 aliphatic rings. The molecule has 2 unspecified atom stereocenters. The Kier molecular flexibility index (Phi) is 2.78. The Morgan fingerprint density at radius 1 is 1.50 bits per heavy atom. The van der Waals surface area contributed by atoms with Gasteiger partial charge < -0.3 is 10.2 Å². The van der Waals surface area contributed by atoms with Crippen LogP contribution in [0.3, 0.4) is 0 Å². The lowest BCUT2D eigenvalue weighted by Gasteiger charge is -2.16. The minimum absolute atomic E-state index is 0.0334. The zero-order valence-electron chi connectivity index (χ0n) is 7.07. The van der Waals surface area contributed by atoms with E-state index in [0.29, 0.717) is 0 Å². The van der Waals surface area contributed by atoms with Gasteiger partial charge in [0.15, 0.2) is 0 Å². The van der Waals surface area contributed by atoms with Crippen molar-refractivity contribution in [2.24, 2.45) is 5.11 Å². The molecule has 8 nitrogen and oxygen atoms in total. The molecule has 2 N–H and O–H groups in total. The zero-order chi connectivity index (χ0) is 10.7. The Morgan fingerprint density at radius 2 is 2.14 bits per heavy atom. The molecule has 1 amide bonds. The fraction of sp³-hybridized carbons (Fsp3) is 0.667. The van der Waals surface area contributed by atoms with E-state index in [4.69, 9.17) is 15.7 Å². The molecule has 0 aromatic carbocycles. The molecular formula is C6H8N4O4. The average molecular weight is 200 g/mol. The van der Waals surface area contributed by atoms with Gasteiger partial charge in [-0.05, 0) is 12.0 Å². The van der Waals surface area contributed by atoms with Crippen LogP contribution in [0.2, 0.25) is 0 Å². The third-order valence-electron chi connectivity index (χ3n) is 2.02. The molecule has 0 aromatic rings. The number of azide groups is 1. The van der Waals surface area contributed by atoms with Gasteiger partial charge in [-0.3, -0.25) is 4.90 Å². The summed E-state index contributed by atoms with van der Waals surface area (Å²) in [4.78, 5) is 24.5. The van der Waals surface area contributed by atoms with Gasteiger partial charge in [0.1, 0.15) is 6.04 Å². The minimum Gasteiger partial charge on any atom is -0.480 e. The minimum atomic E-state index is -1.31. The van der Waals surface area contributed by atoms with Crippen molar-refractivity contribution >= 4 is 12.1 Å². The maximum absolute atomic E-state index is 10.6. The van der Waals surface area contributed by atoms with E-state index in [2.05, 4.69) is 10.0 Å². The molecule has 2 atom stereocenters. The molecule has 0 radical (unpaired) electrons. The summed E-state index contributed by atoms with van der Waals surface area (Å²) in [6.45, 7) is -0.0592. The summed E-state index contributed by atoms with van der Waals surface area (Å²) >= 11 is 0. The predicted molar refractivity (Wildman–Crippen MR) is 43.7 cm³/mol. The zero-order valence-corrected chi connectivity index (χ0v) is 7.07. The van der Waals surface area contributed by atoms with Crippen molar-refractivity contribution in [2.45, 2.75) is 18.5 Å². The topological polar surface area (TPSA) is 127 Å². The maximum Gasteiger partial charge on any atom is 0.408 e. The molecule has 1 aliphatic heterocycles. The highest BCUT2D eigenvalue weighted by Gasteiger charge is 2.39. The Morgan fingerprint density at radius 3 is 2.50 bits per heavy atom. The summed E-state index contributed by atoms with van der Waals surface area (Å²) < 4.78 is 0. The van der Waals surface area contributed by atoms with Gasteiger partial charge in [-0.1, -0.05) is 5.11 Å². The molecule has 0 saturated carbocycles. The van der Waals surface area contributed by atoms with E-state index >= 15 is 0 Å². The van der Waals surface area contributed by atoms with Gasteiger partial charge in [0.25, 0.3) is 0 Å². The van der Waals surface area contributed by atoms with E-state index in [1.54, 1.807) is 0 Å². The number of nitrogens with zero attached hydrogens (tertiary/aromatic N) is 4. The first-order chi connectivity index (χ1) is 6.56. The number of carboxylic acids is 1. The molecule has 0 bridgehead atoms. The summed E-state index contributed by atoms with van der Waals surface area (Å²) in [6, 6.07) is -1.69. The van der Waals surface area contributed by atoms with Crippen molar-refractivity contribution in [3.63, 3.8) is 0 Å². The summed E-state index contributed by atoms with van der Waals surface area (Å²) in [7, 11) is 0. The molecular weight excluding hydrogens is 192 g/mol. The number of aliphatic carboxylic acids is 1. The van der Waals surface area contributed by atoms with Crippen LogP contribution in [0.15, 0.2) is 5.11 Å². The quantitative estimate of drug-likeness (QED) is 0.382. The van der Waals surface area contributed by atoms with Crippen molar-refractivity contribution in [2.75, 3.05) is 6.54 Å². The van der Waals surface area contributed by atoms with Gasteiger partial charge in [0.2, 0.25) is 0 Å². The fourth-order valence-corrected chi connectivity index (χ4v) is 1.42. The molecule has 1 rings (SSSR count). The van der Waals surface area contributed by atoms with Gasteiger partial charge in [-0.25, -0.2) is 9.59 Å². The number of hydrogen-bond donors (Lipinski definition) is 2. The van der Waals surface area contributed by atoms with Crippen LogP contribution in [-0.2, 0) is 4.79 Å². The summed E-state index contributed by atoms with van der Waals surface area (Å²) in [5.74, 6) is -1.22. The number of rotatable bonds is 2. The molecule has 1 saturated heterocycles. The number of amides is 1. The van der Waals surface area contributed by atoms with Crippen LogP contribution < -0.4 is 0 Å². The van der Waals surface area contributed by atoms with E-state index in [0.717, 1.165) is 4.90 Å². The first kappa shape index (κ1) is 10.1. The fourth-order valence-electron chi connectivity index (χ4n) is 1.42. The molecule has 0 aliphatic carbocycles. The number of carboxylic acid groups (broad SMARTS) is 2. The summed E-state index contributed by atoms with van der Waals surface area (Å²) in [5.41, 5.74) is 8.12. The second kappa shape index (κ2) is 3.84. The highest BCUT2D eigenvalue weighted by atomic mass is 16.4. The Balaban J connectivity index is 2.79. The molecule has 1 fully saturated rings. The second-order valence-electron chi connectivity index (χ2n) is 2.88. The average Bonchev–Trinajstić information content (AvgIpc) is 2.49. The predicted octanol–water partition coefficient (Wildman–Crippen LogP) is 0.502. The molecule has 0 aromatic heterocycles. The van der Waals surface area contributed by atoms with Crippen LogP contribution in [-0.4, -0.2) is 45.8 Å². The van der Waals surface area contributed by atoms with E-state index in [-0.39, 0.29) is 13.0 Å². The third kappa shape index (κ3) is 1.86. The van der Waals surface area contributed by atoms with E-state index < -0.39 is 24.1 Å². The number of likely N-dealkylation sites (tertiary alicyclic amines) is 1. The van der Waals surface area contributed by atoms with Crippen molar-refractivity contribution in [1.29, 1.82) is 0 Å². The monoisotopic (exact) mass is 200 g/mol. The summed E-state index contributed by atoms with van der Waals surface area (Å²) in [5, 5.41) is 20.6. The van der Waals surface area contributed by atoms with Crippen LogP contribution in [0.4, 0.5) is 4.79 Å². The third-order valence-corrected chi connectivity index (χ3v) is 2.02. The Bertz CT molecular complexity index is 289. The lowest BCUT2D eigenvalue weighted by Crippen LogP contribution is -2.39. The molecule has 8 heteroatoms. The van der Waals surface area contributed by atoms with Crippen molar-refractivity contribution in [3.05, 3.63) is 10.4 Å². The second-order valence-corrected chi connectivity index (χ2v) is 2.88. The first-order valence-corrected chi connectivity index (χ1v) is 3.83. The van der Waals surface area contributed by atoms with Gasteiger partial charge >= 0.3 is 12.1 Å². The van der Waals surface area contributed by atoms with E-state index in [1.807, 2.05) is 0 Å². The molecule has 0 spiro atoms. The van der Waals surface area contributed by atoms with Gasteiger partial charge in [-0.2, -0.15) is 0 Å². The smallest absolute Gasteiger partial charge is 0.408 e. The normalized spacial score (nSPS) is 25.6. The first-order valence-electron chi connectivity index (χ1n) is 3.83. The Hall–Kier alpha value is -1.95. The van der Waals surface area contributed by atoms with Crippen LogP contribution >= 0.6 is 0 Å². The highest BCUT2D eigenvalue weighted by Crippen LogP contribution is 2.20.